The Balaban J connectivity index is 1.57. The summed E-state index contributed by atoms with van der Waals surface area (Å²) in [6, 6.07) is 7.77. The van der Waals surface area contributed by atoms with Gasteiger partial charge in [0.15, 0.2) is 5.13 Å². The van der Waals surface area contributed by atoms with E-state index in [0.717, 1.165) is 56.0 Å². The zero-order chi connectivity index (χ0) is 18.5. The predicted molar refractivity (Wildman–Crippen MR) is 103 cm³/mol. The molecule has 2 aromatic rings. The number of carbonyl (C=O) groups is 2. The van der Waals surface area contributed by atoms with Crippen LogP contribution < -0.4 is 5.32 Å². The SMILES string of the molecule is CC(=O)Nc1nc(CN2CCCN(C(=O)c3cccc(C)c3)CC2)cs1. The minimum atomic E-state index is -0.106. The Morgan fingerprint density at radius 1 is 1.23 bits per heavy atom. The highest BCUT2D eigenvalue weighted by molar-refractivity contribution is 7.13. The fraction of sp³-hybridized carbons (Fsp3) is 0.421. The summed E-state index contributed by atoms with van der Waals surface area (Å²) >= 11 is 1.44. The van der Waals surface area contributed by atoms with Crippen molar-refractivity contribution in [2.24, 2.45) is 0 Å². The van der Waals surface area contributed by atoms with E-state index in [1.165, 1.54) is 18.3 Å². The van der Waals surface area contributed by atoms with Gasteiger partial charge in [0.25, 0.3) is 5.91 Å². The van der Waals surface area contributed by atoms with Gasteiger partial charge in [-0.05, 0) is 25.5 Å². The molecule has 1 aromatic heterocycles. The Hall–Kier alpha value is -2.25. The van der Waals surface area contributed by atoms with E-state index in [9.17, 15) is 9.59 Å². The van der Waals surface area contributed by atoms with E-state index >= 15 is 0 Å². The number of carbonyl (C=O) groups excluding carboxylic acids is 2. The number of amides is 2. The van der Waals surface area contributed by atoms with Crippen molar-refractivity contribution in [3.05, 3.63) is 46.5 Å². The van der Waals surface area contributed by atoms with Gasteiger partial charge in [-0.15, -0.1) is 11.3 Å². The van der Waals surface area contributed by atoms with Crippen molar-refractivity contribution >= 4 is 28.3 Å². The highest BCUT2D eigenvalue weighted by Gasteiger charge is 2.21. The van der Waals surface area contributed by atoms with Crippen LogP contribution in [0, 0.1) is 6.92 Å². The maximum absolute atomic E-state index is 12.7. The van der Waals surface area contributed by atoms with Gasteiger partial charge in [-0.25, -0.2) is 4.98 Å². The fourth-order valence-electron chi connectivity index (χ4n) is 3.11. The van der Waals surface area contributed by atoms with Crippen molar-refractivity contribution in [3.8, 4) is 0 Å². The molecule has 0 radical (unpaired) electrons. The topological polar surface area (TPSA) is 65.5 Å². The smallest absolute Gasteiger partial charge is 0.253 e. The summed E-state index contributed by atoms with van der Waals surface area (Å²) in [6.45, 7) is 7.48. The summed E-state index contributed by atoms with van der Waals surface area (Å²) in [5, 5.41) is 5.33. The molecule has 1 fully saturated rings. The average Bonchev–Trinajstić information content (AvgIpc) is 2.89. The second-order valence-corrected chi connectivity index (χ2v) is 7.47. The van der Waals surface area contributed by atoms with Crippen LogP contribution in [-0.4, -0.2) is 52.8 Å². The number of benzene rings is 1. The minimum absolute atomic E-state index is 0.106. The molecule has 1 aliphatic rings. The molecule has 6 nitrogen and oxygen atoms in total. The van der Waals surface area contributed by atoms with Gasteiger partial charge in [0, 0.05) is 50.6 Å². The van der Waals surface area contributed by atoms with E-state index in [1.807, 2.05) is 41.5 Å². The number of aromatic nitrogens is 1. The largest absolute Gasteiger partial charge is 0.337 e. The normalized spacial score (nSPS) is 15.5. The molecule has 26 heavy (non-hydrogen) atoms. The lowest BCUT2D eigenvalue weighted by Gasteiger charge is -2.21. The molecule has 0 saturated carbocycles. The third-order valence-corrected chi connectivity index (χ3v) is 5.17. The average molecular weight is 372 g/mol. The van der Waals surface area contributed by atoms with Gasteiger partial charge in [0.05, 0.1) is 5.69 Å². The van der Waals surface area contributed by atoms with Crippen LogP contribution >= 0.6 is 11.3 Å². The van der Waals surface area contributed by atoms with E-state index in [2.05, 4.69) is 15.2 Å². The lowest BCUT2D eigenvalue weighted by Crippen LogP contribution is -2.35. The molecule has 138 valence electrons. The molecule has 7 heteroatoms. The number of thiazole rings is 1. The zero-order valence-corrected chi connectivity index (χ0v) is 16.0. The van der Waals surface area contributed by atoms with Crippen LogP contribution in [0.3, 0.4) is 0 Å². The molecule has 1 N–H and O–H groups in total. The molecule has 0 aliphatic carbocycles. The highest BCUT2D eigenvalue weighted by atomic mass is 32.1. The zero-order valence-electron chi connectivity index (χ0n) is 15.2. The first kappa shape index (κ1) is 18.5. The first-order chi connectivity index (χ1) is 12.5. The molecule has 0 unspecified atom stereocenters. The van der Waals surface area contributed by atoms with Gasteiger partial charge < -0.3 is 10.2 Å². The molecule has 0 spiro atoms. The van der Waals surface area contributed by atoms with Crippen LogP contribution in [0.4, 0.5) is 5.13 Å². The molecule has 2 heterocycles. The summed E-state index contributed by atoms with van der Waals surface area (Å²) in [6.07, 6.45) is 0.945. The Morgan fingerprint density at radius 2 is 2.08 bits per heavy atom. The lowest BCUT2D eigenvalue weighted by molar-refractivity contribution is -0.114. The van der Waals surface area contributed by atoms with Gasteiger partial charge in [0.2, 0.25) is 5.91 Å². The third-order valence-electron chi connectivity index (χ3n) is 4.36. The summed E-state index contributed by atoms with van der Waals surface area (Å²) < 4.78 is 0. The molecule has 1 aliphatic heterocycles. The van der Waals surface area contributed by atoms with E-state index in [4.69, 9.17) is 0 Å². The van der Waals surface area contributed by atoms with Crippen LogP contribution in [-0.2, 0) is 11.3 Å². The molecule has 0 bridgehead atoms. The number of anilines is 1. The van der Waals surface area contributed by atoms with Crippen molar-refractivity contribution in [3.63, 3.8) is 0 Å². The van der Waals surface area contributed by atoms with Crippen molar-refractivity contribution < 1.29 is 9.59 Å². The van der Waals surface area contributed by atoms with Crippen LogP contribution in [0.15, 0.2) is 29.6 Å². The molecule has 2 amide bonds. The van der Waals surface area contributed by atoms with Gasteiger partial charge in [-0.1, -0.05) is 17.7 Å². The number of aryl methyl sites for hydroxylation is 1. The van der Waals surface area contributed by atoms with Crippen molar-refractivity contribution in [1.82, 2.24) is 14.8 Å². The Kier molecular flexibility index (Phi) is 6.00. The summed E-state index contributed by atoms with van der Waals surface area (Å²) in [5.41, 5.74) is 2.82. The first-order valence-corrected chi connectivity index (χ1v) is 9.69. The molecule has 1 saturated heterocycles. The Bertz CT molecular complexity index is 789. The van der Waals surface area contributed by atoms with E-state index < -0.39 is 0 Å². The highest BCUT2D eigenvalue weighted by Crippen LogP contribution is 2.18. The quantitative estimate of drug-likeness (QED) is 0.896. The number of hydrogen-bond acceptors (Lipinski definition) is 5. The van der Waals surface area contributed by atoms with E-state index in [1.54, 1.807) is 0 Å². The van der Waals surface area contributed by atoms with Crippen LogP contribution in [0.2, 0.25) is 0 Å². The molecular weight excluding hydrogens is 348 g/mol. The fourth-order valence-corrected chi connectivity index (χ4v) is 3.86. The first-order valence-electron chi connectivity index (χ1n) is 8.81. The Morgan fingerprint density at radius 3 is 2.85 bits per heavy atom. The summed E-state index contributed by atoms with van der Waals surface area (Å²) in [7, 11) is 0. The second kappa shape index (κ2) is 8.42. The van der Waals surface area contributed by atoms with Gasteiger partial charge in [-0.2, -0.15) is 0 Å². The maximum Gasteiger partial charge on any atom is 0.253 e. The predicted octanol–water partition coefficient (Wildman–Crippen LogP) is 2.76. The molecular formula is C19H24N4O2S. The van der Waals surface area contributed by atoms with E-state index in [-0.39, 0.29) is 11.8 Å². The molecule has 3 rings (SSSR count). The van der Waals surface area contributed by atoms with Crippen molar-refractivity contribution in [1.29, 1.82) is 0 Å². The van der Waals surface area contributed by atoms with Crippen molar-refractivity contribution in [2.45, 2.75) is 26.8 Å². The monoisotopic (exact) mass is 372 g/mol. The maximum atomic E-state index is 12.7. The van der Waals surface area contributed by atoms with Crippen LogP contribution in [0.25, 0.3) is 0 Å². The number of nitrogens with zero attached hydrogens (tertiary/aromatic N) is 3. The molecule has 1 aromatic carbocycles. The number of hydrogen-bond donors (Lipinski definition) is 1. The summed E-state index contributed by atoms with van der Waals surface area (Å²) in [5.74, 6) is 0.00290. The minimum Gasteiger partial charge on any atom is -0.337 e. The summed E-state index contributed by atoms with van der Waals surface area (Å²) in [4.78, 5) is 32.5. The standard InChI is InChI=1S/C19H24N4O2S/c1-14-5-3-6-16(11-14)18(25)23-8-4-7-22(9-10-23)12-17-13-26-19(21-17)20-15(2)24/h3,5-6,11,13H,4,7-10,12H2,1-2H3,(H,20,21,24). The van der Waals surface area contributed by atoms with Gasteiger partial charge in [0.1, 0.15) is 0 Å². The lowest BCUT2D eigenvalue weighted by atomic mass is 10.1. The van der Waals surface area contributed by atoms with Crippen LogP contribution in [0.1, 0.15) is 35.0 Å². The molecule has 0 atom stereocenters. The number of nitrogens with one attached hydrogen (secondary N) is 1. The van der Waals surface area contributed by atoms with Gasteiger partial charge >= 0.3 is 0 Å². The van der Waals surface area contributed by atoms with E-state index in [0.29, 0.717) is 5.13 Å². The van der Waals surface area contributed by atoms with Crippen molar-refractivity contribution in [2.75, 3.05) is 31.5 Å². The van der Waals surface area contributed by atoms with Crippen LogP contribution in [0.5, 0.6) is 0 Å². The third kappa shape index (κ3) is 4.89. The second-order valence-electron chi connectivity index (χ2n) is 6.62. The number of rotatable bonds is 4. The van der Waals surface area contributed by atoms with Gasteiger partial charge in [-0.3, -0.25) is 14.5 Å². The Labute approximate surface area is 157 Å².